The molecular formula is C22H30N6O6. The minimum absolute atomic E-state index is 0.0972. The van der Waals surface area contributed by atoms with Gasteiger partial charge in [0.25, 0.3) is 5.91 Å². The van der Waals surface area contributed by atoms with Crippen molar-refractivity contribution in [3.63, 3.8) is 0 Å². The summed E-state index contributed by atoms with van der Waals surface area (Å²) in [4.78, 5) is 65.2. The summed E-state index contributed by atoms with van der Waals surface area (Å²) in [6.45, 7) is 2.15. The van der Waals surface area contributed by atoms with E-state index in [2.05, 4.69) is 21.3 Å². The number of amides is 6. The van der Waals surface area contributed by atoms with Crippen molar-refractivity contribution in [3.05, 3.63) is 29.8 Å². The van der Waals surface area contributed by atoms with Gasteiger partial charge in [0.05, 0.1) is 18.5 Å². The van der Waals surface area contributed by atoms with Gasteiger partial charge in [-0.3, -0.25) is 19.2 Å². The number of fused-ring (bicyclic) bond motifs is 1. The quantitative estimate of drug-likeness (QED) is 0.425. The molecule has 12 nitrogen and oxygen atoms in total. The number of hydrogen-bond acceptors (Lipinski definition) is 6. The highest BCUT2D eigenvalue weighted by Crippen LogP contribution is 2.18. The second-order valence-electron chi connectivity index (χ2n) is 8.00. The van der Waals surface area contributed by atoms with Crippen LogP contribution in [0.15, 0.2) is 24.3 Å². The van der Waals surface area contributed by atoms with Crippen molar-refractivity contribution in [2.45, 2.75) is 18.9 Å². The van der Waals surface area contributed by atoms with Crippen molar-refractivity contribution in [2.24, 2.45) is 0 Å². The number of carbonyl (C=O) groups is 5. The molecule has 34 heavy (non-hydrogen) atoms. The number of para-hydroxylation sites is 1. The van der Waals surface area contributed by atoms with E-state index in [1.807, 2.05) is 0 Å². The number of likely N-dealkylation sites (N-methyl/N-ethyl adjacent to an activating group) is 1. The molecule has 0 aliphatic carbocycles. The van der Waals surface area contributed by atoms with Gasteiger partial charge in [0.15, 0.2) is 0 Å². The molecular weight excluding hydrogens is 444 g/mol. The molecule has 1 atom stereocenters. The standard InChI is InChI=1S/C22H30N6O6/c1-27-12-13-34-17-5-3-2-4-15(17)20(31)26-16(14-18(29)23-7-6-19(27)30)21(32)24-8-10-28-11-9-25-22(28)33/h2-5,16H,6-14H2,1H3,(H,23,29)(H,24,32)(H,25,33)(H,26,31)/t16-/m0/s1. The van der Waals surface area contributed by atoms with E-state index in [1.165, 1.54) is 4.90 Å². The maximum absolute atomic E-state index is 13.0. The van der Waals surface area contributed by atoms with Crippen LogP contribution in [-0.2, 0) is 14.4 Å². The van der Waals surface area contributed by atoms with E-state index in [9.17, 15) is 24.0 Å². The summed E-state index contributed by atoms with van der Waals surface area (Å²) in [6, 6.07) is 5.19. The van der Waals surface area contributed by atoms with E-state index in [4.69, 9.17) is 4.74 Å². The average Bonchev–Trinajstić information content (AvgIpc) is 3.22. The lowest BCUT2D eigenvalue weighted by molar-refractivity contribution is -0.131. The van der Waals surface area contributed by atoms with E-state index >= 15 is 0 Å². The van der Waals surface area contributed by atoms with Crippen molar-refractivity contribution in [2.75, 3.05) is 52.9 Å². The van der Waals surface area contributed by atoms with Crippen LogP contribution < -0.4 is 26.0 Å². The molecule has 0 bridgehead atoms. The van der Waals surface area contributed by atoms with Crippen LogP contribution in [0.2, 0.25) is 0 Å². The molecule has 184 valence electrons. The summed E-state index contributed by atoms with van der Waals surface area (Å²) in [5.74, 6) is -1.46. The van der Waals surface area contributed by atoms with Crippen LogP contribution in [0, 0.1) is 0 Å². The van der Waals surface area contributed by atoms with Gasteiger partial charge < -0.3 is 35.8 Å². The first-order valence-electron chi connectivity index (χ1n) is 11.2. The highest BCUT2D eigenvalue weighted by molar-refractivity contribution is 6.00. The summed E-state index contributed by atoms with van der Waals surface area (Å²) in [5, 5.41) is 10.6. The maximum atomic E-state index is 13.0. The van der Waals surface area contributed by atoms with Crippen molar-refractivity contribution in [1.82, 2.24) is 31.1 Å². The van der Waals surface area contributed by atoms with Crippen LogP contribution in [0.25, 0.3) is 0 Å². The van der Waals surface area contributed by atoms with Gasteiger partial charge in [-0.2, -0.15) is 0 Å². The van der Waals surface area contributed by atoms with E-state index in [0.29, 0.717) is 31.9 Å². The number of nitrogens with zero attached hydrogens (tertiary/aromatic N) is 2. The fourth-order valence-electron chi connectivity index (χ4n) is 3.56. The molecule has 1 saturated heterocycles. The van der Waals surface area contributed by atoms with Gasteiger partial charge >= 0.3 is 6.03 Å². The van der Waals surface area contributed by atoms with Gasteiger partial charge in [0, 0.05) is 46.2 Å². The van der Waals surface area contributed by atoms with Gasteiger partial charge in [-0.05, 0) is 12.1 Å². The van der Waals surface area contributed by atoms with Gasteiger partial charge in [-0.25, -0.2) is 4.79 Å². The van der Waals surface area contributed by atoms with E-state index in [1.54, 1.807) is 36.2 Å². The van der Waals surface area contributed by atoms with Crippen LogP contribution >= 0.6 is 0 Å². The summed E-state index contributed by atoms with van der Waals surface area (Å²) in [5.41, 5.74) is 0.207. The van der Waals surface area contributed by atoms with Gasteiger partial charge in [-0.15, -0.1) is 0 Å². The molecule has 2 aliphatic rings. The lowest BCUT2D eigenvalue weighted by Gasteiger charge is -2.20. The monoisotopic (exact) mass is 474 g/mol. The third-order valence-corrected chi connectivity index (χ3v) is 5.54. The minimum atomic E-state index is -1.16. The molecule has 2 heterocycles. The summed E-state index contributed by atoms with van der Waals surface area (Å²) >= 11 is 0. The molecule has 12 heteroatoms. The Morgan fingerprint density at radius 1 is 1.12 bits per heavy atom. The SMILES string of the molecule is CN1CCOc2ccccc2C(=O)N[C@H](C(=O)NCCN2CCNC2=O)CC(=O)NCCC1=O. The number of carbonyl (C=O) groups excluding carboxylic acids is 5. The van der Waals surface area contributed by atoms with Crippen LogP contribution in [0.1, 0.15) is 23.2 Å². The number of urea groups is 1. The predicted octanol–water partition coefficient (Wildman–Crippen LogP) is -1.33. The molecule has 0 radical (unpaired) electrons. The smallest absolute Gasteiger partial charge is 0.317 e. The molecule has 1 aromatic rings. The predicted molar refractivity (Wildman–Crippen MR) is 121 cm³/mol. The van der Waals surface area contributed by atoms with E-state index < -0.39 is 23.8 Å². The van der Waals surface area contributed by atoms with E-state index in [-0.39, 0.29) is 50.0 Å². The largest absolute Gasteiger partial charge is 0.491 e. The lowest BCUT2D eigenvalue weighted by Crippen LogP contribution is -2.50. The van der Waals surface area contributed by atoms with Crippen LogP contribution in [-0.4, -0.2) is 98.4 Å². The van der Waals surface area contributed by atoms with Crippen molar-refractivity contribution >= 4 is 29.7 Å². The molecule has 0 spiro atoms. The third-order valence-electron chi connectivity index (χ3n) is 5.54. The Morgan fingerprint density at radius 3 is 2.68 bits per heavy atom. The van der Waals surface area contributed by atoms with Crippen LogP contribution in [0.5, 0.6) is 5.75 Å². The highest BCUT2D eigenvalue weighted by Gasteiger charge is 2.26. The van der Waals surface area contributed by atoms with Crippen LogP contribution in [0.4, 0.5) is 4.79 Å². The molecule has 0 saturated carbocycles. The first-order valence-corrected chi connectivity index (χ1v) is 11.2. The number of nitrogens with one attached hydrogen (secondary N) is 4. The molecule has 1 aromatic carbocycles. The summed E-state index contributed by atoms with van der Waals surface area (Å²) in [6.07, 6.45) is -0.214. The highest BCUT2D eigenvalue weighted by atomic mass is 16.5. The van der Waals surface area contributed by atoms with Gasteiger partial charge in [0.2, 0.25) is 17.7 Å². The molecule has 2 aliphatic heterocycles. The zero-order valence-electron chi connectivity index (χ0n) is 19.1. The molecule has 4 N–H and O–H groups in total. The Bertz CT molecular complexity index is 938. The fourth-order valence-corrected chi connectivity index (χ4v) is 3.56. The Morgan fingerprint density at radius 2 is 1.91 bits per heavy atom. The van der Waals surface area contributed by atoms with E-state index in [0.717, 1.165) is 0 Å². The van der Waals surface area contributed by atoms with Gasteiger partial charge in [-0.1, -0.05) is 12.1 Å². The topological polar surface area (TPSA) is 149 Å². The molecule has 6 amide bonds. The second kappa shape index (κ2) is 11.9. The normalized spacial score (nSPS) is 20.2. The zero-order valence-corrected chi connectivity index (χ0v) is 19.1. The van der Waals surface area contributed by atoms with Crippen molar-refractivity contribution in [1.29, 1.82) is 0 Å². The molecule has 3 rings (SSSR count). The molecule has 0 unspecified atom stereocenters. The Kier molecular flexibility index (Phi) is 8.66. The number of rotatable bonds is 4. The van der Waals surface area contributed by atoms with Gasteiger partial charge in [0.1, 0.15) is 18.4 Å². The van der Waals surface area contributed by atoms with Crippen molar-refractivity contribution < 1.29 is 28.7 Å². The summed E-state index contributed by atoms with van der Waals surface area (Å²) < 4.78 is 5.72. The Hall–Kier alpha value is -3.83. The molecule has 0 aromatic heterocycles. The minimum Gasteiger partial charge on any atom is -0.491 e. The molecule has 1 fully saturated rings. The average molecular weight is 475 g/mol. The lowest BCUT2D eigenvalue weighted by atomic mass is 10.1. The van der Waals surface area contributed by atoms with Crippen LogP contribution in [0.3, 0.4) is 0 Å². The number of ether oxygens (including phenoxy) is 1. The Labute approximate surface area is 197 Å². The first-order chi connectivity index (χ1) is 16.3. The fraction of sp³-hybridized carbons (Fsp3) is 0.500. The summed E-state index contributed by atoms with van der Waals surface area (Å²) in [7, 11) is 1.64. The third kappa shape index (κ3) is 6.83. The van der Waals surface area contributed by atoms with Crippen molar-refractivity contribution in [3.8, 4) is 5.75 Å². The second-order valence-corrected chi connectivity index (χ2v) is 8.00. The maximum Gasteiger partial charge on any atom is 0.317 e. The number of hydrogen-bond donors (Lipinski definition) is 4. The first kappa shape index (κ1) is 24.8. The number of benzene rings is 1. The zero-order chi connectivity index (χ0) is 24.5. The Balaban J connectivity index is 1.72.